The summed E-state index contributed by atoms with van der Waals surface area (Å²) < 4.78 is 47.3. The summed E-state index contributed by atoms with van der Waals surface area (Å²) in [7, 11) is 0.258. The van der Waals surface area contributed by atoms with E-state index in [1.807, 2.05) is 22.6 Å². The zero-order chi connectivity index (χ0) is 29.1. The molecule has 14 heteroatoms. The number of hydrogen-bond acceptors (Lipinski definition) is 6. The van der Waals surface area contributed by atoms with Crippen LogP contribution >= 0.6 is 22.6 Å². The van der Waals surface area contributed by atoms with E-state index >= 15 is 0 Å². The molecule has 2 aromatic heterocycles. The Bertz CT molecular complexity index is 1980. The fourth-order valence-corrected chi connectivity index (χ4v) is 5.80. The molecule has 0 radical (unpaired) electrons. The van der Waals surface area contributed by atoms with Gasteiger partial charge in [-0.2, -0.15) is 8.42 Å². The zero-order valence-corrected chi connectivity index (χ0v) is 25.0. The lowest BCUT2D eigenvalue weighted by Crippen LogP contribution is -2.41. The van der Waals surface area contributed by atoms with E-state index in [1.54, 1.807) is 24.3 Å². The van der Waals surface area contributed by atoms with Crippen molar-refractivity contribution < 1.29 is 12.8 Å². The Morgan fingerprint density at radius 3 is 2.40 bits per heavy atom. The molecule has 0 unspecified atom stereocenters. The first-order chi connectivity index (χ1) is 18.9. The molecule has 2 N–H and O–H groups in total. The van der Waals surface area contributed by atoms with Gasteiger partial charge in [0.05, 0.1) is 22.6 Å². The van der Waals surface area contributed by atoms with E-state index in [-0.39, 0.29) is 45.4 Å². The molecule has 0 bridgehead atoms. The van der Waals surface area contributed by atoms with Gasteiger partial charge in [0.2, 0.25) is 0 Å². The minimum Gasteiger partial charge on any atom is -0.338 e. The van der Waals surface area contributed by atoms with Crippen LogP contribution in [0, 0.1) is 16.3 Å². The van der Waals surface area contributed by atoms with E-state index < -0.39 is 32.8 Å². The first kappa shape index (κ1) is 28.0. The van der Waals surface area contributed by atoms with Crippen LogP contribution in [0.2, 0.25) is 0 Å². The predicted octanol–water partition coefficient (Wildman–Crippen LogP) is 2.88. The number of halogens is 2. The molecule has 11 nitrogen and oxygen atoms in total. The molecule has 2 aromatic carbocycles. The topological polar surface area (TPSA) is 127 Å². The number of benzene rings is 2. The number of aryl methyl sites for hydroxylation is 1. The second-order valence-electron chi connectivity index (χ2n) is 9.53. The van der Waals surface area contributed by atoms with Crippen molar-refractivity contribution in [3.8, 4) is 5.69 Å². The van der Waals surface area contributed by atoms with Gasteiger partial charge in [-0.15, -0.1) is 0 Å². The van der Waals surface area contributed by atoms with Gasteiger partial charge in [-0.05, 0) is 78.8 Å². The van der Waals surface area contributed by atoms with Crippen molar-refractivity contribution in [3.05, 3.63) is 88.6 Å². The van der Waals surface area contributed by atoms with Crippen molar-refractivity contribution in [2.24, 2.45) is 7.05 Å². The van der Waals surface area contributed by atoms with Crippen LogP contribution in [0.25, 0.3) is 16.6 Å². The Morgan fingerprint density at radius 2 is 1.77 bits per heavy atom. The maximum absolute atomic E-state index is 14.9. The molecule has 0 atom stereocenters. The highest BCUT2D eigenvalue weighted by molar-refractivity contribution is 14.1. The lowest BCUT2D eigenvalue weighted by molar-refractivity contribution is 0.586. The lowest BCUT2D eigenvalue weighted by Gasteiger charge is -2.22. The minimum atomic E-state index is -3.85. The third kappa shape index (κ3) is 4.62. The summed E-state index contributed by atoms with van der Waals surface area (Å²) in [6.45, 7) is 1.51. The first-order valence-electron chi connectivity index (χ1n) is 12.3. The highest BCUT2D eigenvalue weighted by Crippen LogP contribution is 2.34. The van der Waals surface area contributed by atoms with E-state index in [2.05, 4.69) is 10.0 Å². The fraction of sp³-hybridized carbons (Fsp3) is 0.269. The molecule has 0 saturated heterocycles. The van der Waals surface area contributed by atoms with Gasteiger partial charge < -0.3 is 5.32 Å². The molecular formula is C26H26FIN6O5S. The molecule has 1 saturated carbocycles. The van der Waals surface area contributed by atoms with Crippen molar-refractivity contribution in [1.82, 2.24) is 18.4 Å². The van der Waals surface area contributed by atoms with E-state index in [0.717, 1.165) is 8.87 Å². The number of aromatic nitrogens is 3. The van der Waals surface area contributed by atoms with E-state index in [0.29, 0.717) is 16.4 Å². The van der Waals surface area contributed by atoms with Crippen LogP contribution in [0.4, 0.5) is 21.6 Å². The monoisotopic (exact) mass is 680 g/mol. The van der Waals surface area contributed by atoms with Gasteiger partial charge >= 0.3 is 15.9 Å². The Morgan fingerprint density at radius 1 is 1.07 bits per heavy atom. The molecule has 0 spiro atoms. The van der Waals surface area contributed by atoms with Crippen LogP contribution < -0.4 is 31.2 Å². The van der Waals surface area contributed by atoms with Gasteiger partial charge in [0, 0.05) is 36.3 Å². The molecule has 5 rings (SSSR count). The van der Waals surface area contributed by atoms with Gasteiger partial charge in [-0.25, -0.2) is 13.9 Å². The maximum atomic E-state index is 14.9. The molecule has 2 heterocycles. The number of nitrogens with zero attached hydrogens (tertiary/aromatic N) is 4. The molecule has 4 aromatic rings. The molecule has 1 fully saturated rings. The van der Waals surface area contributed by atoms with Crippen LogP contribution in [-0.4, -0.2) is 36.2 Å². The number of fused-ring (bicyclic) bond motifs is 1. The second kappa shape index (κ2) is 10.2. The molecule has 0 amide bonds. The van der Waals surface area contributed by atoms with Gasteiger partial charge in [0.1, 0.15) is 17.0 Å². The van der Waals surface area contributed by atoms with Crippen molar-refractivity contribution >= 4 is 60.9 Å². The average Bonchev–Trinajstić information content (AvgIpc) is 3.76. The summed E-state index contributed by atoms with van der Waals surface area (Å²) in [5.74, 6) is -0.546. The Kier molecular flexibility index (Phi) is 7.12. The number of hydrogen-bond donors (Lipinski definition) is 2. The van der Waals surface area contributed by atoms with Crippen LogP contribution in [0.1, 0.15) is 24.4 Å². The molecule has 1 aliphatic carbocycles. The van der Waals surface area contributed by atoms with Gasteiger partial charge in [0.25, 0.3) is 11.1 Å². The third-order valence-electron chi connectivity index (χ3n) is 7.01. The van der Waals surface area contributed by atoms with Crippen LogP contribution in [0.5, 0.6) is 0 Å². The highest BCUT2D eigenvalue weighted by Gasteiger charge is 2.32. The minimum absolute atomic E-state index is 0.0323. The smallest absolute Gasteiger partial charge is 0.336 e. The number of anilines is 3. The number of pyridine rings is 1. The molecule has 210 valence electrons. The van der Waals surface area contributed by atoms with Crippen molar-refractivity contribution in [3.63, 3.8) is 0 Å². The normalized spacial score (nSPS) is 13.6. The highest BCUT2D eigenvalue weighted by atomic mass is 127. The largest absolute Gasteiger partial charge is 0.338 e. The number of rotatable bonds is 7. The first-order valence-corrected chi connectivity index (χ1v) is 14.8. The number of nitrogens with one attached hydrogen (secondary N) is 2. The molecular weight excluding hydrogens is 654 g/mol. The summed E-state index contributed by atoms with van der Waals surface area (Å²) in [5.41, 5.74) is -1.01. The zero-order valence-electron chi connectivity index (χ0n) is 22.0. The summed E-state index contributed by atoms with van der Waals surface area (Å²) in [4.78, 5) is 41.3. The maximum Gasteiger partial charge on any atom is 0.336 e. The molecule has 0 aliphatic heterocycles. The lowest BCUT2D eigenvalue weighted by atomic mass is 10.1. The Balaban J connectivity index is 1.89. The standard InChI is InChI=1S/C26H26FIN6O5S/c1-14-22-21(23(31(3)24(14)35)30-20-11-8-15(28)12-19(20)27)25(36)34(16-9-10-16)26(37)33(22)18-7-5-6-17(13-18)32(4)40(38,39)29-2/h5-8,11-13,16,29-30H,9-10H2,1-4H3. The van der Waals surface area contributed by atoms with Gasteiger partial charge in [-0.1, -0.05) is 6.07 Å². The average molecular weight is 681 g/mol. The van der Waals surface area contributed by atoms with Crippen molar-refractivity contribution in [1.29, 1.82) is 0 Å². The summed E-state index contributed by atoms with van der Waals surface area (Å²) >= 11 is 1.98. The van der Waals surface area contributed by atoms with E-state index in [4.69, 9.17) is 0 Å². The summed E-state index contributed by atoms with van der Waals surface area (Å²) in [6.07, 6.45) is 1.26. The van der Waals surface area contributed by atoms with Crippen molar-refractivity contribution in [2.75, 3.05) is 23.7 Å². The quantitative estimate of drug-likeness (QED) is 0.289. The molecule has 1 aliphatic rings. The summed E-state index contributed by atoms with van der Waals surface area (Å²) in [5, 5.41) is 2.95. The van der Waals surface area contributed by atoms with Gasteiger partial charge in [0.15, 0.2) is 0 Å². The second-order valence-corrected chi connectivity index (χ2v) is 12.7. The fourth-order valence-electron chi connectivity index (χ4n) is 4.68. The third-order valence-corrected chi connectivity index (χ3v) is 9.13. The van der Waals surface area contributed by atoms with Crippen molar-refractivity contribution in [2.45, 2.75) is 25.8 Å². The Labute approximate surface area is 242 Å². The molecule has 40 heavy (non-hydrogen) atoms. The predicted molar refractivity (Wildman–Crippen MR) is 161 cm³/mol. The Hall–Kier alpha value is -3.50. The van der Waals surface area contributed by atoms with E-state index in [9.17, 15) is 27.2 Å². The van der Waals surface area contributed by atoms with Crippen LogP contribution in [-0.2, 0) is 17.3 Å². The van der Waals surface area contributed by atoms with Crippen LogP contribution in [0.15, 0.2) is 56.8 Å². The van der Waals surface area contributed by atoms with Gasteiger partial charge in [-0.3, -0.25) is 27.6 Å². The summed E-state index contributed by atoms with van der Waals surface area (Å²) in [6, 6.07) is 10.4. The van der Waals surface area contributed by atoms with Crippen LogP contribution in [0.3, 0.4) is 0 Å². The SMILES string of the molecule is CNS(=O)(=O)N(C)c1cccc(-n2c(=O)n(C3CC3)c(=O)c3c(Nc4ccc(I)cc4F)n(C)c(=O)c(C)c32)c1. The van der Waals surface area contributed by atoms with E-state index in [1.165, 1.54) is 55.4 Å².